The maximum absolute atomic E-state index is 4.39. The second-order valence-corrected chi connectivity index (χ2v) is 5.32. The summed E-state index contributed by atoms with van der Waals surface area (Å²) < 4.78 is 0. The number of hydrogen-bond acceptors (Lipinski definition) is 2. The van der Waals surface area contributed by atoms with E-state index in [-0.39, 0.29) is 0 Å². The fourth-order valence-electron chi connectivity index (χ4n) is 1.42. The Morgan fingerprint density at radius 3 is 2.64 bits per heavy atom. The minimum Gasteiger partial charge on any atom is -0.249 e. The summed E-state index contributed by atoms with van der Waals surface area (Å²) in [7, 11) is 0. The number of hydrogen-bond donors (Lipinski definition) is 0. The minimum atomic E-state index is 0.532. The summed E-state index contributed by atoms with van der Waals surface area (Å²) in [6.07, 6.45) is 3.30. The normalized spacial score (nSPS) is 27.0. The molecule has 1 aromatic heterocycles. The predicted octanol–water partition coefficient (Wildman–Crippen LogP) is 2.97. The van der Waals surface area contributed by atoms with Gasteiger partial charge in [0.15, 0.2) is 0 Å². The Kier molecular flexibility index (Phi) is 1.37. The molecular formula is C9H13NS. The first-order chi connectivity index (χ1) is 5.09. The van der Waals surface area contributed by atoms with E-state index < -0.39 is 0 Å². The van der Waals surface area contributed by atoms with Crippen molar-refractivity contribution in [1.82, 2.24) is 4.98 Å². The topological polar surface area (TPSA) is 12.9 Å². The quantitative estimate of drug-likeness (QED) is 0.626. The van der Waals surface area contributed by atoms with Gasteiger partial charge in [-0.05, 0) is 18.8 Å². The third-order valence-electron chi connectivity index (χ3n) is 2.45. The van der Waals surface area contributed by atoms with Crippen LogP contribution in [0.1, 0.15) is 36.1 Å². The van der Waals surface area contributed by atoms with Crippen LogP contribution in [0.2, 0.25) is 0 Å². The Bertz CT molecular complexity index is 275. The molecule has 1 fully saturated rings. The summed E-state index contributed by atoms with van der Waals surface area (Å²) in [5, 5.41) is 1.34. The lowest BCUT2D eigenvalue weighted by Crippen LogP contribution is -1.87. The predicted molar refractivity (Wildman–Crippen MR) is 48.0 cm³/mol. The molecule has 11 heavy (non-hydrogen) atoms. The molecular weight excluding hydrogens is 154 g/mol. The molecule has 1 aliphatic carbocycles. The summed E-state index contributed by atoms with van der Waals surface area (Å²) in [6.45, 7) is 6.75. The van der Waals surface area contributed by atoms with Crippen LogP contribution in [0, 0.1) is 12.3 Å². The average molecular weight is 167 g/mol. The van der Waals surface area contributed by atoms with E-state index in [1.165, 1.54) is 16.3 Å². The molecule has 1 nitrogen and oxygen atoms in total. The van der Waals surface area contributed by atoms with Crippen LogP contribution in [0.5, 0.6) is 0 Å². The van der Waals surface area contributed by atoms with Crippen LogP contribution in [0.4, 0.5) is 0 Å². The maximum Gasteiger partial charge on any atom is 0.0964 e. The van der Waals surface area contributed by atoms with Gasteiger partial charge in [-0.1, -0.05) is 13.8 Å². The van der Waals surface area contributed by atoms with Crippen LogP contribution >= 0.6 is 11.3 Å². The highest BCUT2D eigenvalue weighted by molar-refractivity contribution is 7.11. The van der Waals surface area contributed by atoms with Gasteiger partial charge in [0.2, 0.25) is 0 Å². The van der Waals surface area contributed by atoms with Gasteiger partial charge in [0.05, 0.1) is 5.01 Å². The van der Waals surface area contributed by atoms with E-state index in [4.69, 9.17) is 0 Å². The Morgan fingerprint density at radius 1 is 1.64 bits per heavy atom. The summed E-state index contributed by atoms with van der Waals surface area (Å²) in [6, 6.07) is 0. The lowest BCUT2D eigenvalue weighted by molar-refractivity contribution is 0.620. The molecule has 1 saturated carbocycles. The second kappa shape index (κ2) is 2.07. The van der Waals surface area contributed by atoms with Crippen LogP contribution < -0.4 is 0 Å². The fraction of sp³-hybridized carbons (Fsp3) is 0.667. The number of nitrogens with zero attached hydrogens (tertiary/aromatic N) is 1. The van der Waals surface area contributed by atoms with Crippen LogP contribution in [0.25, 0.3) is 0 Å². The SMILES string of the molecule is Cc1cnc(C2CC2(C)C)s1. The largest absolute Gasteiger partial charge is 0.249 e. The van der Waals surface area contributed by atoms with Crippen molar-refractivity contribution in [3.63, 3.8) is 0 Å². The molecule has 1 heterocycles. The van der Waals surface area contributed by atoms with Crippen molar-refractivity contribution >= 4 is 11.3 Å². The average Bonchev–Trinajstić information content (AvgIpc) is 2.39. The highest BCUT2D eigenvalue weighted by Gasteiger charge is 2.48. The molecule has 0 bridgehead atoms. The smallest absolute Gasteiger partial charge is 0.0964 e. The second-order valence-electron chi connectivity index (χ2n) is 4.05. The molecule has 2 rings (SSSR count). The van der Waals surface area contributed by atoms with Crippen LogP contribution in [-0.2, 0) is 0 Å². The van der Waals surface area contributed by atoms with Crippen molar-refractivity contribution in [3.05, 3.63) is 16.1 Å². The summed E-state index contributed by atoms with van der Waals surface area (Å²) in [4.78, 5) is 5.73. The Balaban J connectivity index is 2.20. The maximum atomic E-state index is 4.39. The van der Waals surface area contributed by atoms with Crippen molar-refractivity contribution < 1.29 is 0 Å². The van der Waals surface area contributed by atoms with Gasteiger partial charge in [-0.25, -0.2) is 4.98 Å². The number of aryl methyl sites for hydroxylation is 1. The highest BCUT2D eigenvalue weighted by Crippen LogP contribution is 2.59. The van der Waals surface area contributed by atoms with Gasteiger partial charge in [-0.15, -0.1) is 11.3 Å². The first-order valence-electron chi connectivity index (χ1n) is 4.02. The van der Waals surface area contributed by atoms with E-state index in [2.05, 4.69) is 25.8 Å². The molecule has 0 aliphatic heterocycles. The van der Waals surface area contributed by atoms with Gasteiger partial charge in [-0.3, -0.25) is 0 Å². The van der Waals surface area contributed by atoms with Gasteiger partial charge < -0.3 is 0 Å². The van der Waals surface area contributed by atoms with Crippen molar-refractivity contribution in [2.45, 2.75) is 33.1 Å². The fourth-order valence-corrected chi connectivity index (χ4v) is 2.51. The summed E-state index contributed by atoms with van der Waals surface area (Å²) in [5.74, 6) is 0.751. The number of thiazole rings is 1. The van der Waals surface area contributed by atoms with Gasteiger partial charge in [0, 0.05) is 17.0 Å². The van der Waals surface area contributed by atoms with E-state index in [9.17, 15) is 0 Å². The molecule has 1 aromatic rings. The number of aromatic nitrogens is 1. The molecule has 2 heteroatoms. The van der Waals surface area contributed by atoms with Gasteiger partial charge >= 0.3 is 0 Å². The minimum absolute atomic E-state index is 0.532. The van der Waals surface area contributed by atoms with Crippen molar-refractivity contribution in [1.29, 1.82) is 0 Å². The number of rotatable bonds is 1. The molecule has 1 unspecified atom stereocenters. The van der Waals surface area contributed by atoms with Crippen LogP contribution in [0.3, 0.4) is 0 Å². The first kappa shape index (κ1) is 7.29. The first-order valence-corrected chi connectivity index (χ1v) is 4.83. The highest BCUT2D eigenvalue weighted by atomic mass is 32.1. The van der Waals surface area contributed by atoms with Crippen molar-refractivity contribution in [2.24, 2.45) is 5.41 Å². The Morgan fingerprint density at radius 2 is 2.27 bits per heavy atom. The summed E-state index contributed by atoms with van der Waals surface area (Å²) >= 11 is 1.85. The molecule has 0 radical (unpaired) electrons. The zero-order valence-corrected chi connectivity index (χ0v) is 8.03. The third-order valence-corrected chi connectivity index (χ3v) is 3.48. The van der Waals surface area contributed by atoms with Crippen molar-refractivity contribution in [3.8, 4) is 0 Å². The molecule has 0 amide bonds. The molecule has 1 atom stereocenters. The lowest BCUT2D eigenvalue weighted by atomic mass is 10.1. The molecule has 0 saturated heterocycles. The monoisotopic (exact) mass is 167 g/mol. The standard InChI is InChI=1S/C9H13NS/c1-6-5-10-8(11-6)7-4-9(7,2)3/h5,7H,4H2,1-3H3. The van der Waals surface area contributed by atoms with Crippen LogP contribution in [-0.4, -0.2) is 4.98 Å². The molecule has 60 valence electrons. The van der Waals surface area contributed by atoms with E-state index in [1.54, 1.807) is 0 Å². The van der Waals surface area contributed by atoms with Gasteiger partial charge in [-0.2, -0.15) is 0 Å². The van der Waals surface area contributed by atoms with Crippen LogP contribution in [0.15, 0.2) is 6.20 Å². The zero-order valence-electron chi connectivity index (χ0n) is 7.22. The molecule has 0 aromatic carbocycles. The zero-order chi connectivity index (χ0) is 8.06. The molecule has 0 N–H and O–H groups in total. The van der Waals surface area contributed by atoms with E-state index >= 15 is 0 Å². The third kappa shape index (κ3) is 1.20. The summed E-state index contributed by atoms with van der Waals surface area (Å²) in [5.41, 5.74) is 0.532. The molecule has 1 aliphatic rings. The molecule has 0 spiro atoms. The van der Waals surface area contributed by atoms with Gasteiger partial charge in [0.1, 0.15) is 0 Å². The van der Waals surface area contributed by atoms with E-state index in [0.717, 1.165) is 5.92 Å². The Labute approximate surface area is 71.5 Å². The van der Waals surface area contributed by atoms with E-state index in [0.29, 0.717) is 5.41 Å². The Hall–Kier alpha value is -0.370. The lowest BCUT2D eigenvalue weighted by Gasteiger charge is -1.97. The van der Waals surface area contributed by atoms with Crippen molar-refractivity contribution in [2.75, 3.05) is 0 Å². The van der Waals surface area contributed by atoms with Gasteiger partial charge in [0.25, 0.3) is 0 Å². The van der Waals surface area contributed by atoms with E-state index in [1.807, 2.05) is 17.5 Å².